The average molecular weight is 411 g/mol. The lowest BCUT2D eigenvalue weighted by Crippen LogP contribution is -2.34. The van der Waals surface area contributed by atoms with Gasteiger partial charge in [0.15, 0.2) is 11.3 Å². The van der Waals surface area contributed by atoms with Crippen molar-refractivity contribution in [2.75, 3.05) is 44.4 Å². The highest BCUT2D eigenvalue weighted by Crippen LogP contribution is 2.36. The molecule has 0 saturated carbocycles. The van der Waals surface area contributed by atoms with E-state index in [1.807, 2.05) is 6.92 Å². The summed E-state index contributed by atoms with van der Waals surface area (Å²) in [6.07, 6.45) is 4.72. The van der Waals surface area contributed by atoms with Crippen LogP contribution in [0.15, 0.2) is 29.1 Å². The Morgan fingerprint density at radius 1 is 1.10 bits per heavy atom. The summed E-state index contributed by atoms with van der Waals surface area (Å²) < 4.78 is 19.4. The maximum Gasteiger partial charge on any atom is 0.197 e. The van der Waals surface area contributed by atoms with Crippen molar-refractivity contribution in [1.29, 1.82) is 0 Å². The van der Waals surface area contributed by atoms with Crippen molar-refractivity contribution in [2.24, 2.45) is 0 Å². The number of fused-ring (bicyclic) bond motifs is 3. The minimum absolute atomic E-state index is 0.0185. The van der Waals surface area contributed by atoms with Gasteiger partial charge in [-0.1, -0.05) is 6.07 Å². The monoisotopic (exact) mass is 410 g/mol. The molecular weight excluding hydrogens is 380 g/mol. The number of pyridine rings is 1. The van der Waals surface area contributed by atoms with Crippen molar-refractivity contribution in [1.82, 2.24) is 4.57 Å². The molecule has 1 aromatic carbocycles. The van der Waals surface area contributed by atoms with Crippen LogP contribution in [0.2, 0.25) is 0 Å². The molecule has 0 N–H and O–H groups in total. The summed E-state index contributed by atoms with van der Waals surface area (Å²) in [5.41, 5.74) is 5.57. The summed E-state index contributed by atoms with van der Waals surface area (Å²) in [5.74, 6) is 0.625. The van der Waals surface area contributed by atoms with Crippen molar-refractivity contribution in [3.63, 3.8) is 0 Å². The molecule has 2 aromatic rings. The molecule has 0 aliphatic carbocycles. The molecule has 4 heterocycles. The molecule has 3 aliphatic heterocycles. The third-order valence-corrected chi connectivity index (χ3v) is 6.49. The van der Waals surface area contributed by atoms with Gasteiger partial charge in [-0.3, -0.25) is 4.79 Å². The van der Waals surface area contributed by atoms with E-state index >= 15 is 0 Å². The topological polar surface area (TPSA) is 52.9 Å². The maximum atomic E-state index is 12.7. The summed E-state index contributed by atoms with van der Waals surface area (Å²) in [4.78, 5) is 15.2. The molecule has 6 heteroatoms. The fourth-order valence-electron chi connectivity index (χ4n) is 4.83. The fraction of sp³-hybridized carbons (Fsp3) is 0.542. The second kappa shape index (κ2) is 8.44. The van der Waals surface area contributed by atoms with Gasteiger partial charge in [-0.15, -0.1) is 0 Å². The van der Waals surface area contributed by atoms with Crippen LogP contribution in [0.4, 0.5) is 5.69 Å². The molecule has 2 fully saturated rings. The Kier molecular flexibility index (Phi) is 5.52. The zero-order chi connectivity index (χ0) is 20.5. The third-order valence-electron chi connectivity index (χ3n) is 6.49. The predicted octanol–water partition coefficient (Wildman–Crippen LogP) is 3.16. The van der Waals surface area contributed by atoms with E-state index in [0.717, 1.165) is 42.9 Å². The Balaban J connectivity index is 1.46. The van der Waals surface area contributed by atoms with Gasteiger partial charge in [0.2, 0.25) is 0 Å². The summed E-state index contributed by atoms with van der Waals surface area (Å²) in [6.45, 7) is 7.15. The average Bonchev–Trinajstić information content (AvgIpc) is 2.81. The van der Waals surface area contributed by atoms with Gasteiger partial charge in [0.1, 0.15) is 12.7 Å². The highest BCUT2D eigenvalue weighted by molar-refractivity contribution is 5.72. The van der Waals surface area contributed by atoms with Crippen LogP contribution in [0.3, 0.4) is 0 Å². The molecule has 30 heavy (non-hydrogen) atoms. The van der Waals surface area contributed by atoms with Crippen LogP contribution in [0.5, 0.6) is 5.88 Å². The minimum Gasteiger partial charge on any atom is -0.476 e. The van der Waals surface area contributed by atoms with Gasteiger partial charge in [-0.2, -0.15) is 0 Å². The molecule has 6 nitrogen and oxygen atoms in total. The van der Waals surface area contributed by atoms with E-state index in [1.54, 1.807) is 6.07 Å². The first-order valence-corrected chi connectivity index (χ1v) is 11.2. The van der Waals surface area contributed by atoms with E-state index in [2.05, 4.69) is 27.7 Å². The van der Waals surface area contributed by atoms with Crippen molar-refractivity contribution < 1.29 is 14.2 Å². The maximum absolute atomic E-state index is 12.7. The number of aromatic nitrogens is 1. The van der Waals surface area contributed by atoms with Crippen molar-refractivity contribution >= 4 is 5.69 Å². The standard InChI is InChI=1S/C24H30N2O4/c1-17-22(27)14-23(30-16-20-15-28-11-12-29-20)26-10-7-18-13-19(5-6-21(18)24(17)26)25-8-3-2-4-9-25/h5-6,13-14,20H,2-4,7-12,15-16H2,1H3/t20-/m0/s1. The highest BCUT2D eigenvalue weighted by Gasteiger charge is 2.24. The van der Waals surface area contributed by atoms with Crippen molar-refractivity contribution in [3.8, 4) is 17.1 Å². The van der Waals surface area contributed by atoms with Crippen molar-refractivity contribution in [3.05, 3.63) is 45.6 Å². The second-order valence-corrected chi connectivity index (χ2v) is 8.49. The highest BCUT2D eigenvalue weighted by atomic mass is 16.6. The molecular formula is C24H30N2O4. The number of rotatable bonds is 4. The van der Waals surface area contributed by atoms with Crippen LogP contribution in [0, 0.1) is 6.92 Å². The lowest BCUT2D eigenvalue weighted by Gasteiger charge is -2.31. The number of anilines is 1. The van der Waals surface area contributed by atoms with Crippen LogP contribution in [-0.2, 0) is 22.4 Å². The number of hydrogen-bond donors (Lipinski definition) is 0. The number of piperidine rings is 1. The first kappa shape index (κ1) is 19.6. The number of hydrogen-bond acceptors (Lipinski definition) is 5. The first-order chi connectivity index (χ1) is 14.7. The van der Waals surface area contributed by atoms with E-state index < -0.39 is 0 Å². The number of benzene rings is 1. The smallest absolute Gasteiger partial charge is 0.197 e. The quantitative estimate of drug-likeness (QED) is 0.775. The minimum atomic E-state index is -0.0885. The van der Waals surface area contributed by atoms with E-state index in [4.69, 9.17) is 14.2 Å². The summed E-state index contributed by atoms with van der Waals surface area (Å²) in [5, 5.41) is 0. The summed E-state index contributed by atoms with van der Waals surface area (Å²) in [7, 11) is 0. The molecule has 0 radical (unpaired) electrons. The van der Waals surface area contributed by atoms with Gasteiger partial charge in [-0.05, 0) is 50.3 Å². The summed E-state index contributed by atoms with van der Waals surface area (Å²) >= 11 is 0. The molecule has 0 spiro atoms. The molecule has 3 aliphatic rings. The van der Waals surface area contributed by atoms with Gasteiger partial charge < -0.3 is 23.7 Å². The lowest BCUT2D eigenvalue weighted by molar-refractivity contribution is -0.102. The van der Waals surface area contributed by atoms with Gasteiger partial charge in [0.25, 0.3) is 0 Å². The first-order valence-electron chi connectivity index (χ1n) is 11.2. The van der Waals surface area contributed by atoms with E-state index in [0.29, 0.717) is 32.3 Å². The summed E-state index contributed by atoms with van der Waals surface area (Å²) in [6, 6.07) is 8.35. The molecule has 1 atom stereocenters. The number of aryl methyl sites for hydroxylation is 1. The van der Waals surface area contributed by atoms with Gasteiger partial charge >= 0.3 is 0 Å². The van der Waals surface area contributed by atoms with E-state index in [1.165, 1.54) is 30.5 Å². The van der Waals surface area contributed by atoms with Gasteiger partial charge in [-0.25, -0.2) is 0 Å². The van der Waals surface area contributed by atoms with Crippen LogP contribution in [-0.4, -0.2) is 50.2 Å². The largest absolute Gasteiger partial charge is 0.476 e. The van der Waals surface area contributed by atoms with Gasteiger partial charge in [0.05, 0.1) is 25.5 Å². The Bertz CT molecular complexity index is 972. The molecule has 160 valence electrons. The number of ether oxygens (including phenoxy) is 3. The Labute approximate surface area is 177 Å². The zero-order valence-corrected chi connectivity index (χ0v) is 17.7. The van der Waals surface area contributed by atoms with Crippen LogP contribution >= 0.6 is 0 Å². The lowest BCUT2D eigenvalue weighted by atomic mass is 9.93. The molecule has 0 amide bonds. The van der Waals surface area contributed by atoms with E-state index in [-0.39, 0.29) is 11.5 Å². The molecule has 0 unspecified atom stereocenters. The molecule has 0 bridgehead atoms. The van der Waals surface area contributed by atoms with Crippen LogP contribution in [0.1, 0.15) is 30.4 Å². The van der Waals surface area contributed by atoms with E-state index in [9.17, 15) is 4.79 Å². The number of nitrogens with zero attached hydrogens (tertiary/aromatic N) is 2. The Morgan fingerprint density at radius 2 is 1.97 bits per heavy atom. The zero-order valence-electron chi connectivity index (χ0n) is 17.7. The predicted molar refractivity (Wildman–Crippen MR) is 117 cm³/mol. The van der Waals surface area contributed by atoms with Crippen LogP contribution in [0.25, 0.3) is 11.3 Å². The Morgan fingerprint density at radius 3 is 2.77 bits per heavy atom. The van der Waals surface area contributed by atoms with Gasteiger partial charge in [0, 0.05) is 42.5 Å². The fourth-order valence-corrected chi connectivity index (χ4v) is 4.83. The molecule has 1 aromatic heterocycles. The van der Waals surface area contributed by atoms with Crippen LogP contribution < -0.4 is 15.1 Å². The SMILES string of the molecule is Cc1c2n(c(OC[C@@H]3COCCO3)cc1=O)CCc1cc(N3CCCCC3)ccc1-2. The van der Waals surface area contributed by atoms with Crippen molar-refractivity contribution in [2.45, 2.75) is 45.3 Å². The molecule has 5 rings (SSSR count). The normalized spacial score (nSPS) is 21.1. The third kappa shape index (κ3) is 3.74. The Hall–Kier alpha value is -2.31. The second-order valence-electron chi connectivity index (χ2n) is 8.49. The molecule has 2 saturated heterocycles.